The first-order valence-electron chi connectivity index (χ1n) is 10.1. The molecule has 0 bridgehead atoms. The first-order valence-corrected chi connectivity index (χ1v) is 10.1. The maximum atomic E-state index is 12.7. The van der Waals surface area contributed by atoms with E-state index in [0.717, 1.165) is 50.1 Å². The molecule has 30 heavy (non-hydrogen) atoms. The van der Waals surface area contributed by atoms with E-state index in [1.165, 1.54) is 18.6 Å². The summed E-state index contributed by atoms with van der Waals surface area (Å²) in [6.07, 6.45) is 2.82. The van der Waals surface area contributed by atoms with Gasteiger partial charge in [-0.15, -0.1) is 0 Å². The average molecular weight is 416 g/mol. The lowest BCUT2D eigenvalue weighted by molar-refractivity contribution is -0.137. The van der Waals surface area contributed by atoms with E-state index < -0.39 is 11.7 Å². The van der Waals surface area contributed by atoms with Gasteiger partial charge in [0.2, 0.25) is 11.7 Å². The van der Waals surface area contributed by atoms with Crippen LogP contribution in [-0.4, -0.2) is 32.6 Å². The van der Waals surface area contributed by atoms with Crippen molar-refractivity contribution in [2.75, 3.05) is 6.54 Å². The number of aromatic nitrogens is 3. The predicted molar refractivity (Wildman–Crippen MR) is 105 cm³/mol. The van der Waals surface area contributed by atoms with Gasteiger partial charge in [-0.1, -0.05) is 29.8 Å². The van der Waals surface area contributed by atoms with Crippen LogP contribution in [0.3, 0.4) is 0 Å². The van der Waals surface area contributed by atoms with Crippen molar-refractivity contribution in [3.63, 3.8) is 0 Å². The van der Waals surface area contributed by atoms with Crippen LogP contribution in [0.2, 0.25) is 0 Å². The quantitative estimate of drug-likeness (QED) is 0.557. The van der Waals surface area contributed by atoms with Crippen molar-refractivity contribution in [3.05, 3.63) is 65.8 Å². The lowest BCUT2D eigenvalue weighted by Gasteiger charge is -2.34. The summed E-state index contributed by atoms with van der Waals surface area (Å²) < 4.78 is 43.6. The van der Waals surface area contributed by atoms with Crippen LogP contribution in [-0.2, 0) is 19.1 Å². The van der Waals surface area contributed by atoms with Gasteiger partial charge in [0.25, 0.3) is 0 Å². The number of likely N-dealkylation sites (tertiary alicyclic amines) is 1. The summed E-state index contributed by atoms with van der Waals surface area (Å²) in [5.41, 5.74) is 0.896. The SMILES string of the molecule is FC(F)(F)c1ccc(-c2noc(CN3CCCCC3CCc3ccccn3)n2)cc1. The molecule has 8 heteroatoms. The van der Waals surface area contributed by atoms with Crippen LogP contribution in [0.25, 0.3) is 11.4 Å². The summed E-state index contributed by atoms with van der Waals surface area (Å²) in [6, 6.07) is 11.2. The number of hydrogen-bond acceptors (Lipinski definition) is 5. The molecule has 1 aromatic carbocycles. The second-order valence-corrected chi connectivity index (χ2v) is 7.57. The molecule has 3 aromatic rings. The Morgan fingerprint density at radius 2 is 1.90 bits per heavy atom. The molecule has 1 aliphatic rings. The van der Waals surface area contributed by atoms with Crippen LogP contribution in [0.15, 0.2) is 53.2 Å². The van der Waals surface area contributed by atoms with Gasteiger partial charge in [-0.05, 0) is 56.5 Å². The van der Waals surface area contributed by atoms with E-state index in [4.69, 9.17) is 4.52 Å². The Hall–Kier alpha value is -2.74. The lowest BCUT2D eigenvalue weighted by atomic mass is 9.97. The molecule has 1 unspecified atom stereocenters. The highest BCUT2D eigenvalue weighted by Gasteiger charge is 2.30. The van der Waals surface area contributed by atoms with Gasteiger partial charge >= 0.3 is 6.18 Å². The number of halogens is 3. The normalized spacial score (nSPS) is 17.9. The molecule has 0 amide bonds. The van der Waals surface area contributed by atoms with Gasteiger partial charge in [0.1, 0.15) is 0 Å². The highest BCUT2D eigenvalue weighted by Crippen LogP contribution is 2.30. The van der Waals surface area contributed by atoms with Crippen molar-refractivity contribution in [2.45, 2.75) is 50.9 Å². The zero-order valence-electron chi connectivity index (χ0n) is 16.5. The zero-order valence-corrected chi connectivity index (χ0v) is 16.5. The largest absolute Gasteiger partial charge is 0.416 e. The number of benzene rings is 1. The maximum Gasteiger partial charge on any atom is 0.416 e. The standard InChI is InChI=1S/C22H23F3N4O/c23-22(24,25)17-9-7-16(8-10-17)21-27-20(30-28-21)15-29-14-4-2-6-19(29)12-11-18-5-1-3-13-26-18/h1,3,5,7-10,13,19H,2,4,6,11-12,14-15H2. The highest BCUT2D eigenvalue weighted by atomic mass is 19.4. The van der Waals surface area contributed by atoms with E-state index in [-0.39, 0.29) is 0 Å². The van der Waals surface area contributed by atoms with Gasteiger partial charge in [-0.2, -0.15) is 18.2 Å². The fourth-order valence-corrected chi connectivity index (χ4v) is 3.87. The summed E-state index contributed by atoms with van der Waals surface area (Å²) >= 11 is 0. The summed E-state index contributed by atoms with van der Waals surface area (Å²) in [5, 5.41) is 3.96. The topological polar surface area (TPSA) is 55.1 Å². The highest BCUT2D eigenvalue weighted by molar-refractivity contribution is 5.54. The molecular formula is C22H23F3N4O. The summed E-state index contributed by atoms with van der Waals surface area (Å²) in [4.78, 5) is 11.2. The second kappa shape index (κ2) is 8.95. The summed E-state index contributed by atoms with van der Waals surface area (Å²) in [7, 11) is 0. The van der Waals surface area contributed by atoms with Crippen molar-refractivity contribution in [3.8, 4) is 11.4 Å². The molecule has 3 heterocycles. The second-order valence-electron chi connectivity index (χ2n) is 7.57. The predicted octanol–water partition coefficient (Wildman–Crippen LogP) is 5.14. The van der Waals surface area contributed by atoms with Crippen molar-refractivity contribution in [1.82, 2.24) is 20.0 Å². The van der Waals surface area contributed by atoms with E-state index >= 15 is 0 Å². The molecule has 0 N–H and O–H groups in total. The first-order chi connectivity index (χ1) is 14.5. The molecule has 1 atom stereocenters. The van der Waals surface area contributed by atoms with E-state index in [0.29, 0.717) is 29.9 Å². The molecule has 5 nitrogen and oxygen atoms in total. The molecule has 1 saturated heterocycles. The Morgan fingerprint density at radius 1 is 1.07 bits per heavy atom. The van der Waals surface area contributed by atoms with Gasteiger partial charge in [0.15, 0.2) is 0 Å². The van der Waals surface area contributed by atoms with Gasteiger partial charge < -0.3 is 4.52 Å². The number of hydrogen-bond donors (Lipinski definition) is 0. The van der Waals surface area contributed by atoms with Crippen LogP contribution >= 0.6 is 0 Å². The zero-order chi connectivity index (χ0) is 21.0. The van der Waals surface area contributed by atoms with Crippen LogP contribution in [0.1, 0.15) is 42.8 Å². The maximum absolute atomic E-state index is 12.7. The van der Waals surface area contributed by atoms with E-state index in [1.807, 2.05) is 24.4 Å². The van der Waals surface area contributed by atoms with Gasteiger partial charge in [0, 0.05) is 23.5 Å². The number of rotatable bonds is 6. The lowest BCUT2D eigenvalue weighted by Crippen LogP contribution is -2.39. The Labute approximate surface area is 172 Å². The number of piperidine rings is 1. The van der Waals surface area contributed by atoms with Crippen LogP contribution < -0.4 is 0 Å². The third kappa shape index (κ3) is 5.05. The smallest absolute Gasteiger partial charge is 0.338 e. The molecule has 0 aliphatic carbocycles. The van der Waals surface area contributed by atoms with Crippen molar-refractivity contribution in [2.24, 2.45) is 0 Å². The Kier molecular flexibility index (Phi) is 6.13. The van der Waals surface area contributed by atoms with Crippen LogP contribution in [0.4, 0.5) is 13.2 Å². The minimum Gasteiger partial charge on any atom is -0.338 e. The van der Waals surface area contributed by atoms with Gasteiger partial charge in [-0.3, -0.25) is 9.88 Å². The fourth-order valence-electron chi connectivity index (χ4n) is 3.87. The van der Waals surface area contributed by atoms with E-state index in [1.54, 1.807) is 0 Å². The monoisotopic (exact) mass is 416 g/mol. The molecule has 2 aromatic heterocycles. The Bertz CT molecular complexity index is 941. The fraction of sp³-hybridized carbons (Fsp3) is 0.409. The van der Waals surface area contributed by atoms with Crippen molar-refractivity contribution in [1.29, 1.82) is 0 Å². The summed E-state index contributed by atoms with van der Waals surface area (Å²) in [5.74, 6) is 0.787. The van der Waals surface area contributed by atoms with E-state index in [2.05, 4.69) is 20.0 Å². The average Bonchev–Trinajstić information content (AvgIpc) is 3.22. The van der Waals surface area contributed by atoms with Gasteiger partial charge in [0.05, 0.1) is 12.1 Å². The molecule has 1 fully saturated rings. The first kappa shape index (κ1) is 20.5. The van der Waals surface area contributed by atoms with Crippen molar-refractivity contribution >= 4 is 0 Å². The van der Waals surface area contributed by atoms with Gasteiger partial charge in [-0.25, -0.2) is 0 Å². The number of aryl methyl sites for hydroxylation is 1. The minimum atomic E-state index is -4.36. The Morgan fingerprint density at radius 3 is 2.63 bits per heavy atom. The molecular weight excluding hydrogens is 393 g/mol. The third-order valence-corrected chi connectivity index (χ3v) is 5.49. The van der Waals surface area contributed by atoms with E-state index in [9.17, 15) is 13.2 Å². The molecule has 158 valence electrons. The minimum absolute atomic E-state index is 0.306. The number of nitrogens with zero attached hydrogens (tertiary/aromatic N) is 4. The number of pyridine rings is 1. The Balaban J connectivity index is 1.40. The molecule has 4 rings (SSSR count). The van der Waals surface area contributed by atoms with Crippen LogP contribution in [0, 0.1) is 0 Å². The van der Waals surface area contributed by atoms with Crippen molar-refractivity contribution < 1.29 is 17.7 Å². The third-order valence-electron chi connectivity index (χ3n) is 5.49. The molecule has 0 spiro atoms. The molecule has 0 saturated carbocycles. The molecule has 1 aliphatic heterocycles. The molecule has 0 radical (unpaired) electrons. The summed E-state index contributed by atoms with van der Waals surface area (Å²) in [6.45, 7) is 1.51. The van der Waals surface area contributed by atoms with Crippen LogP contribution in [0.5, 0.6) is 0 Å². The number of alkyl halides is 3.